The van der Waals surface area contributed by atoms with Crippen LogP contribution in [0.5, 0.6) is 11.5 Å². The van der Waals surface area contributed by atoms with Crippen LogP contribution >= 0.6 is 0 Å². The second kappa shape index (κ2) is 10.3. The third-order valence-electron chi connectivity index (χ3n) is 5.39. The van der Waals surface area contributed by atoms with Crippen molar-refractivity contribution in [1.29, 1.82) is 0 Å². The lowest BCUT2D eigenvalue weighted by Gasteiger charge is -2.11. The Morgan fingerprint density at radius 2 is 1.34 bits per heavy atom. The van der Waals surface area contributed by atoms with Crippen molar-refractivity contribution in [3.63, 3.8) is 0 Å². The highest BCUT2D eigenvalue weighted by molar-refractivity contribution is 5.91. The zero-order valence-corrected chi connectivity index (χ0v) is 18.9. The number of esters is 1. The van der Waals surface area contributed by atoms with Crippen molar-refractivity contribution in [1.82, 2.24) is 0 Å². The summed E-state index contributed by atoms with van der Waals surface area (Å²) in [4.78, 5) is 12.4. The summed E-state index contributed by atoms with van der Waals surface area (Å²) in [5, 5.41) is 0. The monoisotopic (exact) mass is 474 g/mol. The van der Waals surface area contributed by atoms with Gasteiger partial charge in [0.1, 0.15) is 17.3 Å². The Hall–Kier alpha value is -4.32. The van der Waals surface area contributed by atoms with Crippen molar-refractivity contribution in [2.75, 3.05) is 6.61 Å². The highest BCUT2D eigenvalue weighted by Crippen LogP contribution is 2.32. The van der Waals surface area contributed by atoms with E-state index in [4.69, 9.17) is 9.47 Å². The summed E-state index contributed by atoms with van der Waals surface area (Å²) < 4.78 is 54.4. The van der Waals surface area contributed by atoms with Gasteiger partial charge in [0.05, 0.1) is 12.2 Å². The number of hydrogen-bond donors (Lipinski definition) is 0. The molecule has 0 aliphatic rings. The van der Waals surface area contributed by atoms with Crippen LogP contribution in [-0.4, -0.2) is 12.6 Å². The van der Waals surface area contributed by atoms with Crippen molar-refractivity contribution in [3.05, 3.63) is 114 Å². The molecule has 0 fully saturated rings. The van der Waals surface area contributed by atoms with E-state index in [2.05, 4.69) is 6.58 Å². The Morgan fingerprint density at radius 3 is 1.86 bits per heavy atom. The fraction of sp³-hybridized carbons (Fsp3) is 0.0690. The van der Waals surface area contributed by atoms with Gasteiger partial charge in [-0.05, 0) is 47.9 Å². The lowest BCUT2D eigenvalue weighted by molar-refractivity contribution is 0.0730. The Kier molecular flexibility index (Phi) is 7.01. The number of halogens is 3. The van der Waals surface area contributed by atoms with Gasteiger partial charge in [-0.25, -0.2) is 18.0 Å². The summed E-state index contributed by atoms with van der Waals surface area (Å²) in [7, 11) is 0. The fourth-order valence-electron chi connectivity index (χ4n) is 3.58. The summed E-state index contributed by atoms with van der Waals surface area (Å²) >= 11 is 0. The van der Waals surface area contributed by atoms with E-state index in [0.29, 0.717) is 23.5 Å². The van der Waals surface area contributed by atoms with Crippen LogP contribution in [0, 0.1) is 17.5 Å². The molecule has 0 radical (unpaired) electrons. The third kappa shape index (κ3) is 5.11. The molecule has 6 heteroatoms. The van der Waals surface area contributed by atoms with E-state index >= 15 is 0 Å². The maximum Gasteiger partial charge on any atom is 0.346 e. The van der Waals surface area contributed by atoms with Crippen LogP contribution < -0.4 is 9.47 Å². The number of ether oxygens (including phenoxy) is 2. The summed E-state index contributed by atoms with van der Waals surface area (Å²) in [6.45, 7) is 5.81. The summed E-state index contributed by atoms with van der Waals surface area (Å²) in [6, 6.07) is 19.7. The molecular weight excluding hydrogens is 453 g/mol. The van der Waals surface area contributed by atoms with Crippen LogP contribution in [0.15, 0.2) is 85.4 Å². The molecule has 35 heavy (non-hydrogen) atoms. The molecule has 176 valence electrons. The molecule has 0 spiro atoms. The standard InChI is InChI=1S/C29H21F3O3/c1-3-18-5-7-19(8-6-18)23-15-16-24(28(32)27(23)31)20-9-11-21(12-10-20)35-29(33)25-14-13-22(34-4-2)17-26(25)30/h3,5-17H,1,4H2,2H3. The lowest BCUT2D eigenvalue weighted by atomic mass is 9.98. The zero-order chi connectivity index (χ0) is 24.9. The van der Waals surface area contributed by atoms with Crippen molar-refractivity contribution >= 4 is 12.0 Å². The van der Waals surface area contributed by atoms with Gasteiger partial charge in [0.2, 0.25) is 0 Å². The molecule has 0 unspecified atom stereocenters. The van der Waals surface area contributed by atoms with Crippen LogP contribution in [0.4, 0.5) is 13.2 Å². The SMILES string of the molecule is C=Cc1ccc(-c2ccc(-c3ccc(OC(=O)c4ccc(OCC)cc4F)cc3)c(F)c2F)cc1. The van der Waals surface area contributed by atoms with Gasteiger partial charge in [-0.15, -0.1) is 0 Å². The van der Waals surface area contributed by atoms with E-state index in [1.165, 1.54) is 48.5 Å². The summed E-state index contributed by atoms with van der Waals surface area (Å²) in [6.07, 6.45) is 1.67. The van der Waals surface area contributed by atoms with Gasteiger partial charge >= 0.3 is 5.97 Å². The van der Waals surface area contributed by atoms with Gasteiger partial charge in [-0.2, -0.15) is 0 Å². The maximum absolute atomic E-state index is 14.9. The molecule has 0 saturated carbocycles. The van der Waals surface area contributed by atoms with Crippen molar-refractivity contribution < 1.29 is 27.4 Å². The molecule has 4 rings (SSSR count). The molecule has 0 atom stereocenters. The first kappa shape index (κ1) is 23.8. The Bertz CT molecular complexity index is 1380. The molecule has 0 N–H and O–H groups in total. The van der Waals surface area contributed by atoms with Crippen molar-refractivity contribution in [2.45, 2.75) is 6.92 Å². The Balaban J connectivity index is 1.53. The minimum atomic E-state index is -0.989. The number of rotatable bonds is 7. The van der Waals surface area contributed by atoms with E-state index in [9.17, 15) is 18.0 Å². The highest BCUT2D eigenvalue weighted by atomic mass is 19.2. The van der Waals surface area contributed by atoms with Gasteiger partial charge in [-0.1, -0.05) is 61.2 Å². The molecule has 4 aromatic rings. The second-order valence-electron chi connectivity index (χ2n) is 7.60. The molecule has 0 amide bonds. The van der Waals surface area contributed by atoms with Crippen LogP contribution in [0.25, 0.3) is 28.3 Å². The molecule has 0 saturated heterocycles. The van der Waals surface area contributed by atoms with Gasteiger partial charge in [0.15, 0.2) is 11.6 Å². The normalized spacial score (nSPS) is 10.6. The number of carbonyl (C=O) groups is 1. The lowest BCUT2D eigenvalue weighted by Crippen LogP contribution is -2.11. The molecule has 4 aromatic carbocycles. The maximum atomic E-state index is 14.9. The van der Waals surface area contributed by atoms with Crippen molar-refractivity contribution in [3.8, 4) is 33.8 Å². The van der Waals surface area contributed by atoms with Crippen LogP contribution in [0.3, 0.4) is 0 Å². The number of hydrogen-bond acceptors (Lipinski definition) is 3. The minimum Gasteiger partial charge on any atom is -0.494 e. The number of carbonyl (C=O) groups excluding carboxylic acids is 1. The van der Waals surface area contributed by atoms with Gasteiger partial charge in [0, 0.05) is 17.2 Å². The topological polar surface area (TPSA) is 35.5 Å². The highest BCUT2D eigenvalue weighted by Gasteiger charge is 2.18. The van der Waals surface area contributed by atoms with Crippen molar-refractivity contribution in [2.24, 2.45) is 0 Å². The largest absolute Gasteiger partial charge is 0.494 e. The molecular formula is C29H21F3O3. The summed E-state index contributed by atoms with van der Waals surface area (Å²) in [5.74, 6) is -3.17. The Labute approximate surface area is 201 Å². The molecule has 3 nitrogen and oxygen atoms in total. The smallest absolute Gasteiger partial charge is 0.346 e. The number of benzene rings is 4. The molecule has 0 bridgehead atoms. The molecule has 0 aliphatic heterocycles. The second-order valence-corrected chi connectivity index (χ2v) is 7.60. The first-order chi connectivity index (χ1) is 16.9. The van der Waals surface area contributed by atoms with Gasteiger partial charge in [0.25, 0.3) is 0 Å². The van der Waals surface area contributed by atoms with Gasteiger partial charge < -0.3 is 9.47 Å². The van der Waals surface area contributed by atoms with Gasteiger partial charge in [-0.3, -0.25) is 0 Å². The predicted molar refractivity (Wildman–Crippen MR) is 130 cm³/mol. The van der Waals surface area contributed by atoms with Crippen LogP contribution in [0.1, 0.15) is 22.8 Å². The molecule has 0 heterocycles. The quantitative estimate of drug-likeness (QED) is 0.203. The molecule has 0 aromatic heterocycles. The third-order valence-corrected chi connectivity index (χ3v) is 5.39. The van der Waals surface area contributed by atoms with E-state index in [0.717, 1.165) is 11.6 Å². The molecule has 0 aliphatic carbocycles. The first-order valence-corrected chi connectivity index (χ1v) is 10.9. The average molecular weight is 474 g/mol. The first-order valence-electron chi connectivity index (χ1n) is 10.9. The van der Waals surface area contributed by atoms with E-state index in [-0.39, 0.29) is 22.4 Å². The minimum absolute atomic E-state index is 0.0596. The van der Waals surface area contributed by atoms with E-state index in [1.54, 1.807) is 37.3 Å². The summed E-state index contributed by atoms with van der Waals surface area (Å²) in [5.41, 5.74) is 1.76. The van der Waals surface area contributed by atoms with Crippen LogP contribution in [0.2, 0.25) is 0 Å². The van der Waals surface area contributed by atoms with E-state index in [1.807, 2.05) is 0 Å². The Morgan fingerprint density at radius 1 is 0.800 bits per heavy atom. The van der Waals surface area contributed by atoms with E-state index < -0.39 is 23.4 Å². The fourth-order valence-corrected chi connectivity index (χ4v) is 3.58. The average Bonchev–Trinajstić information content (AvgIpc) is 2.86. The zero-order valence-electron chi connectivity index (χ0n) is 18.9. The predicted octanol–water partition coefficient (Wildman–Crippen LogP) is 7.70. The van der Waals surface area contributed by atoms with Crippen LogP contribution in [-0.2, 0) is 0 Å².